The zero-order valence-corrected chi connectivity index (χ0v) is 20.2. The van der Waals surface area contributed by atoms with Crippen LogP contribution in [0.15, 0.2) is 33.7 Å². The molecule has 0 radical (unpaired) electrons. The number of guanidine groups is 1. The lowest BCUT2D eigenvalue weighted by Crippen LogP contribution is -2.42. The fourth-order valence-corrected chi connectivity index (χ4v) is 2.49. The molecule has 1 rings (SSSR count). The average molecular weight is 556 g/mol. The van der Waals surface area contributed by atoms with E-state index < -0.39 is 0 Å². The molecule has 27 heavy (non-hydrogen) atoms. The molecule has 0 aliphatic carbocycles. The van der Waals surface area contributed by atoms with E-state index in [2.05, 4.69) is 48.8 Å². The second-order valence-electron chi connectivity index (χ2n) is 5.88. The highest BCUT2D eigenvalue weighted by atomic mass is 127. The molecular formula is C18H31BrIN5O2. The molecule has 1 amide bonds. The summed E-state index contributed by atoms with van der Waals surface area (Å²) in [4.78, 5) is 18.4. The molecule has 0 fully saturated rings. The van der Waals surface area contributed by atoms with Gasteiger partial charge in [0.25, 0.3) is 0 Å². The topological polar surface area (TPSA) is 78.0 Å². The van der Waals surface area contributed by atoms with Crippen molar-refractivity contribution in [3.63, 3.8) is 0 Å². The Labute approximate surface area is 187 Å². The number of likely N-dealkylation sites (N-methyl/N-ethyl adjacent to an activating group) is 1. The van der Waals surface area contributed by atoms with E-state index in [4.69, 9.17) is 4.74 Å². The number of carbonyl (C=O) groups excluding carboxylic acids is 1. The van der Waals surface area contributed by atoms with Crippen molar-refractivity contribution in [3.8, 4) is 0 Å². The maximum Gasteiger partial charge on any atom is 0.226 e. The maximum absolute atomic E-state index is 12.0. The van der Waals surface area contributed by atoms with E-state index in [0.29, 0.717) is 18.9 Å². The Hall–Kier alpha value is -0.910. The number of rotatable bonds is 11. The number of hydrogen-bond donors (Lipinski definition) is 3. The molecule has 0 spiro atoms. The van der Waals surface area contributed by atoms with Crippen LogP contribution in [0.25, 0.3) is 0 Å². The number of amides is 1. The van der Waals surface area contributed by atoms with Gasteiger partial charge in [0.2, 0.25) is 5.91 Å². The van der Waals surface area contributed by atoms with Crippen molar-refractivity contribution in [2.75, 3.05) is 59.3 Å². The van der Waals surface area contributed by atoms with Crippen LogP contribution in [0, 0.1) is 0 Å². The van der Waals surface area contributed by atoms with Crippen LogP contribution < -0.4 is 16.0 Å². The summed E-state index contributed by atoms with van der Waals surface area (Å²) in [6, 6.07) is 7.51. The predicted octanol–water partition coefficient (Wildman–Crippen LogP) is 2.53. The third kappa shape index (κ3) is 13.0. The van der Waals surface area contributed by atoms with Gasteiger partial charge in [-0.2, -0.15) is 0 Å². The highest BCUT2D eigenvalue weighted by molar-refractivity contribution is 14.0. The van der Waals surface area contributed by atoms with Gasteiger partial charge in [0, 0.05) is 63.5 Å². The third-order valence-corrected chi connectivity index (χ3v) is 4.20. The average Bonchev–Trinajstić information content (AvgIpc) is 2.62. The molecule has 1 aromatic carbocycles. The molecule has 1 aromatic rings. The van der Waals surface area contributed by atoms with Gasteiger partial charge in [0.1, 0.15) is 0 Å². The molecule has 0 aliphatic rings. The van der Waals surface area contributed by atoms with E-state index in [1.165, 1.54) is 0 Å². The molecule has 0 heterocycles. The van der Waals surface area contributed by atoms with Crippen LogP contribution in [0.3, 0.4) is 0 Å². The van der Waals surface area contributed by atoms with Crippen molar-refractivity contribution in [1.82, 2.24) is 15.5 Å². The van der Waals surface area contributed by atoms with Gasteiger partial charge < -0.3 is 25.6 Å². The van der Waals surface area contributed by atoms with E-state index >= 15 is 0 Å². The quantitative estimate of drug-likeness (QED) is 0.169. The zero-order valence-electron chi connectivity index (χ0n) is 16.3. The number of hydrogen-bond acceptors (Lipinski definition) is 4. The van der Waals surface area contributed by atoms with Crippen molar-refractivity contribution < 1.29 is 9.53 Å². The van der Waals surface area contributed by atoms with E-state index in [1.54, 1.807) is 14.2 Å². The SMILES string of the molecule is CN=C(NCCC(=O)Nc1ccc(Br)cc1)NCCN(C)CCCOC.I. The lowest BCUT2D eigenvalue weighted by atomic mass is 10.3. The number of benzene rings is 1. The van der Waals surface area contributed by atoms with Crippen LogP contribution in [-0.2, 0) is 9.53 Å². The number of halogens is 2. The number of carbonyl (C=O) groups is 1. The Balaban J connectivity index is 0.00000676. The highest BCUT2D eigenvalue weighted by Crippen LogP contribution is 2.14. The number of methoxy groups -OCH3 is 1. The summed E-state index contributed by atoms with van der Waals surface area (Å²) in [6.07, 6.45) is 1.39. The summed E-state index contributed by atoms with van der Waals surface area (Å²) in [5.74, 6) is 0.667. The van der Waals surface area contributed by atoms with Gasteiger partial charge in [-0.3, -0.25) is 9.79 Å². The van der Waals surface area contributed by atoms with E-state index in [1.807, 2.05) is 24.3 Å². The molecule has 0 saturated carbocycles. The van der Waals surface area contributed by atoms with Crippen LogP contribution in [0.4, 0.5) is 5.69 Å². The van der Waals surface area contributed by atoms with Crippen molar-refractivity contribution in [1.29, 1.82) is 0 Å². The summed E-state index contributed by atoms with van der Waals surface area (Å²) < 4.78 is 6.04. The minimum Gasteiger partial charge on any atom is -0.385 e. The second kappa shape index (κ2) is 16.1. The standard InChI is InChI=1S/C18H30BrN5O2.HI/c1-20-18(22-11-13-24(2)12-4-14-26-3)21-10-9-17(25)23-16-7-5-15(19)6-8-16;/h5-8H,4,9-14H2,1-3H3,(H,23,25)(H2,20,21,22);1H. The Morgan fingerprint density at radius 3 is 2.48 bits per heavy atom. The van der Waals surface area contributed by atoms with E-state index in [0.717, 1.165) is 42.8 Å². The minimum atomic E-state index is -0.0341. The number of nitrogens with one attached hydrogen (secondary N) is 3. The normalized spacial score (nSPS) is 11.1. The van der Waals surface area contributed by atoms with Gasteiger partial charge in [0.15, 0.2) is 5.96 Å². The number of aliphatic imine (C=N–C) groups is 1. The fourth-order valence-electron chi connectivity index (χ4n) is 2.23. The number of ether oxygens (including phenoxy) is 1. The molecule has 9 heteroatoms. The molecule has 0 unspecified atom stereocenters. The molecule has 3 N–H and O–H groups in total. The van der Waals surface area contributed by atoms with Gasteiger partial charge in [-0.25, -0.2) is 0 Å². The largest absolute Gasteiger partial charge is 0.385 e. The van der Waals surface area contributed by atoms with Crippen molar-refractivity contribution >= 4 is 57.5 Å². The van der Waals surface area contributed by atoms with Gasteiger partial charge in [-0.15, -0.1) is 24.0 Å². The first-order valence-corrected chi connectivity index (χ1v) is 9.52. The molecule has 0 aromatic heterocycles. The van der Waals surface area contributed by atoms with Gasteiger partial charge in [-0.05, 0) is 37.7 Å². The molecule has 7 nitrogen and oxygen atoms in total. The van der Waals surface area contributed by atoms with E-state index in [-0.39, 0.29) is 29.9 Å². The first-order chi connectivity index (χ1) is 12.5. The first kappa shape index (κ1) is 26.1. The maximum atomic E-state index is 12.0. The Morgan fingerprint density at radius 2 is 1.85 bits per heavy atom. The highest BCUT2D eigenvalue weighted by Gasteiger charge is 2.04. The summed E-state index contributed by atoms with van der Waals surface area (Å²) in [6.45, 7) is 4.00. The van der Waals surface area contributed by atoms with Crippen LogP contribution in [0.1, 0.15) is 12.8 Å². The monoisotopic (exact) mass is 555 g/mol. The fraction of sp³-hybridized carbons (Fsp3) is 0.556. The molecule has 0 saturated heterocycles. The van der Waals surface area contributed by atoms with E-state index in [9.17, 15) is 4.79 Å². The Morgan fingerprint density at radius 1 is 1.19 bits per heavy atom. The number of anilines is 1. The van der Waals surface area contributed by atoms with Gasteiger partial charge in [0.05, 0.1) is 0 Å². The lowest BCUT2D eigenvalue weighted by Gasteiger charge is -2.18. The molecule has 154 valence electrons. The first-order valence-electron chi connectivity index (χ1n) is 8.72. The van der Waals surface area contributed by atoms with Gasteiger partial charge in [-0.1, -0.05) is 15.9 Å². The second-order valence-corrected chi connectivity index (χ2v) is 6.80. The van der Waals surface area contributed by atoms with Crippen molar-refractivity contribution in [3.05, 3.63) is 28.7 Å². The Bertz CT molecular complexity index is 557. The minimum absolute atomic E-state index is 0. The van der Waals surface area contributed by atoms with Gasteiger partial charge >= 0.3 is 0 Å². The summed E-state index contributed by atoms with van der Waals surface area (Å²) in [5.41, 5.74) is 0.789. The van der Waals surface area contributed by atoms with Crippen molar-refractivity contribution in [2.24, 2.45) is 4.99 Å². The predicted molar refractivity (Wildman–Crippen MR) is 126 cm³/mol. The van der Waals surface area contributed by atoms with Crippen LogP contribution in [-0.4, -0.2) is 70.8 Å². The van der Waals surface area contributed by atoms with Crippen LogP contribution >= 0.6 is 39.9 Å². The lowest BCUT2D eigenvalue weighted by molar-refractivity contribution is -0.116. The molecule has 0 bridgehead atoms. The zero-order chi connectivity index (χ0) is 19.2. The van der Waals surface area contributed by atoms with Crippen molar-refractivity contribution in [2.45, 2.75) is 12.8 Å². The summed E-state index contributed by atoms with van der Waals surface area (Å²) in [5, 5.41) is 9.27. The molecular weight excluding hydrogens is 525 g/mol. The molecule has 0 atom stereocenters. The molecule has 0 aliphatic heterocycles. The number of nitrogens with zero attached hydrogens (tertiary/aromatic N) is 2. The summed E-state index contributed by atoms with van der Waals surface area (Å²) in [7, 11) is 5.52. The summed E-state index contributed by atoms with van der Waals surface area (Å²) >= 11 is 3.37. The smallest absolute Gasteiger partial charge is 0.226 e. The van der Waals surface area contributed by atoms with Crippen LogP contribution in [0.5, 0.6) is 0 Å². The Kier molecular flexibility index (Phi) is 15.5. The van der Waals surface area contributed by atoms with Crippen LogP contribution in [0.2, 0.25) is 0 Å². The third-order valence-electron chi connectivity index (χ3n) is 3.67.